The van der Waals surface area contributed by atoms with Crippen molar-refractivity contribution in [1.82, 2.24) is 20.5 Å². The SMILES string of the molecule is NC(=O)CCC(N)C(=O)NC(CC(=O)O)C(=O)N1CCCC1C(=O)NC(Cc1c[nH]c2ccccc12)C(=O)O. The number of aliphatic carboxylic acids is 2. The number of carbonyl (C=O) groups is 6. The van der Waals surface area contributed by atoms with E-state index in [1.54, 1.807) is 6.20 Å². The number of benzene rings is 1. The van der Waals surface area contributed by atoms with Gasteiger partial charge in [0.15, 0.2) is 0 Å². The third kappa shape index (κ3) is 7.54. The number of nitrogens with one attached hydrogen (secondary N) is 3. The number of carboxylic acids is 2. The van der Waals surface area contributed by atoms with E-state index in [9.17, 15) is 39.0 Å². The molecular formula is C25H32N6O8. The fourth-order valence-corrected chi connectivity index (χ4v) is 4.57. The molecule has 14 nitrogen and oxygen atoms in total. The summed E-state index contributed by atoms with van der Waals surface area (Å²) < 4.78 is 0. The molecule has 1 aliphatic heterocycles. The van der Waals surface area contributed by atoms with Crippen molar-refractivity contribution in [1.29, 1.82) is 0 Å². The molecule has 1 fully saturated rings. The molecule has 3 rings (SSSR count). The van der Waals surface area contributed by atoms with E-state index in [0.29, 0.717) is 12.0 Å². The number of nitrogens with zero attached hydrogens (tertiary/aromatic N) is 1. The van der Waals surface area contributed by atoms with E-state index >= 15 is 0 Å². The number of hydrogen-bond donors (Lipinski definition) is 7. The molecule has 39 heavy (non-hydrogen) atoms. The summed E-state index contributed by atoms with van der Waals surface area (Å²) in [6.07, 6.45) is 1.26. The number of aromatic nitrogens is 1. The van der Waals surface area contributed by atoms with Crippen molar-refractivity contribution in [3.63, 3.8) is 0 Å². The van der Waals surface area contributed by atoms with Crippen molar-refractivity contribution in [3.05, 3.63) is 36.0 Å². The van der Waals surface area contributed by atoms with Crippen molar-refractivity contribution in [2.75, 3.05) is 6.54 Å². The molecule has 1 aromatic heterocycles. The Balaban J connectivity index is 1.71. The molecule has 4 amide bonds. The van der Waals surface area contributed by atoms with Gasteiger partial charge >= 0.3 is 11.9 Å². The lowest BCUT2D eigenvalue weighted by molar-refractivity contribution is -0.147. The summed E-state index contributed by atoms with van der Waals surface area (Å²) in [5.74, 6) is -5.66. The van der Waals surface area contributed by atoms with E-state index in [2.05, 4.69) is 15.6 Å². The van der Waals surface area contributed by atoms with E-state index in [4.69, 9.17) is 11.5 Å². The number of likely N-dealkylation sites (tertiary alicyclic amines) is 1. The van der Waals surface area contributed by atoms with Crippen LogP contribution in [-0.2, 0) is 35.2 Å². The molecule has 2 aromatic rings. The van der Waals surface area contributed by atoms with Gasteiger partial charge in [-0.2, -0.15) is 0 Å². The van der Waals surface area contributed by atoms with Gasteiger partial charge < -0.3 is 42.2 Å². The largest absolute Gasteiger partial charge is 0.481 e. The van der Waals surface area contributed by atoms with Crippen LogP contribution in [0.5, 0.6) is 0 Å². The minimum atomic E-state index is -1.52. The first-order valence-corrected chi connectivity index (χ1v) is 12.4. The second kappa shape index (κ2) is 12.9. The Morgan fingerprint density at radius 2 is 1.79 bits per heavy atom. The molecule has 0 saturated carbocycles. The third-order valence-electron chi connectivity index (χ3n) is 6.58. The summed E-state index contributed by atoms with van der Waals surface area (Å²) in [4.78, 5) is 77.4. The number of carboxylic acid groups (broad SMARTS) is 2. The van der Waals surface area contributed by atoms with Gasteiger partial charge in [-0.25, -0.2) is 4.79 Å². The molecule has 210 valence electrons. The van der Waals surface area contributed by atoms with Gasteiger partial charge in [0.25, 0.3) is 0 Å². The first kappa shape index (κ1) is 29.1. The molecule has 1 saturated heterocycles. The van der Waals surface area contributed by atoms with Gasteiger partial charge in [-0.15, -0.1) is 0 Å². The Bertz CT molecular complexity index is 1260. The number of fused-ring (bicyclic) bond motifs is 1. The highest BCUT2D eigenvalue weighted by Gasteiger charge is 2.40. The van der Waals surface area contributed by atoms with Gasteiger partial charge in [-0.05, 0) is 30.9 Å². The van der Waals surface area contributed by atoms with Crippen LogP contribution >= 0.6 is 0 Å². The monoisotopic (exact) mass is 544 g/mol. The topological polar surface area (TPSA) is 238 Å². The van der Waals surface area contributed by atoms with Crippen LogP contribution in [0.15, 0.2) is 30.5 Å². The number of para-hydroxylation sites is 1. The average Bonchev–Trinajstić information content (AvgIpc) is 3.53. The van der Waals surface area contributed by atoms with E-state index in [1.807, 2.05) is 24.3 Å². The Morgan fingerprint density at radius 3 is 2.46 bits per heavy atom. The van der Waals surface area contributed by atoms with Crippen LogP contribution in [0.25, 0.3) is 10.9 Å². The number of rotatable bonds is 13. The van der Waals surface area contributed by atoms with Gasteiger partial charge in [-0.3, -0.25) is 24.0 Å². The molecule has 14 heteroatoms. The molecule has 4 unspecified atom stereocenters. The van der Waals surface area contributed by atoms with Crippen molar-refractivity contribution < 1.29 is 39.0 Å². The number of hydrogen-bond acceptors (Lipinski definition) is 7. The Morgan fingerprint density at radius 1 is 1.08 bits per heavy atom. The first-order valence-electron chi connectivity index (χ1n) is 12.4. The quantitative estimate of drug-likeness (QED) is 0.160. The maximum absolute atomic E-state index is 13.3. The number of nitrogens with two attached hydrogens (primary N) is 2. The molecule has 1 aromatic carbocycles. The summed E-state index contributed by atoms with van der Waals surface area (Å²) in [6, 6.07) is 2.24. The van der Waals surface area contributed by atoms with E-state index < -0.39 is 66.2 Å². The number of H-pyrrole nitrogens is 1. The van der Waals surface area contributed by atoms with Crippen LogP contribution in [0.2, 0.25) is 0 Å². The fraction of sp³-hybridized carbons (Fsp3) is 0.440. The number of amides is 4. The lowest BCUT2D eigenvalue weighted by atomic mass is 10.0. The molecule has 0 spiro atoms. The minimum Gasteiger partial charge on any atom is -0.481 e. The number of carbonyl (C=O) groups excluding carboxylic acids is 4. The zero-order valence-corrected chi connectivity index (χ0v) is 21.1. The fourth-order valence-electron chi connectivity index (χ4n) is 4.57. The highest BCUT2D eigenvalue weighted by Crippen LogP contribution is 2.22. The Hall–Kier alpha value is -4.46. The second-order valence-electron chi connectivity index (χ2n) is 9.42. The van der Waals surface area contributed by atoms with Crippen LogP contribution in [-0.4, -0.2) is 86.4 Å². The highest BCUT2D eigenvalue weighted by molar-refractivity contribution is 5.96. The zero-order chi connectivity index (χ0) is 28.7. The Kier molecular flexibility index (Phi) is 9.60. The number of aromatic amines is 1. The third-order valence-corrected chi connectivity index (χ3v) is 6.58. The normalized spacial score (nSPS) is 17.3. The molecule has 2 heterocycles. The second-order valence-corrected chi connectivity index (χ2v) is 9.42. The van der Waals surface area contributed by atoms with E-state index in [1.165, 1.54) is 0 Å². The molecule has 1 aliphatic rings. The standard InChI is InChI=1S/C25H32N6O8/c26-15(7-8-20(27)32)22(35)29-17(11-21(33)34)24(37)31-9-3-6-19(31)23(36)30-18(25(38)39)10-13-12-28-16-5-2-1-4-14(13)16/h1-2,4-5,12,15,17-19,28H,3,6-11,26H2,(H2,27,32)(H,29,35)(H,30,36)(H,33,34)(H,38,39). The van der Waals surface area contributed by atoms with Crippen LogP contribution in [0.1, 0.15) is 37.7 Å². The summed E-state index contributed by atoms with van der Waals surface area (Å²) >= 11 is 0. The summed E-state index contributed by atoms with van der Waals surface area (Å²) in [5, 5.41) is 24.7. The zero-order valence-electron chi connectivity index (χ0n) is 21.1. The predicted octanol–water partition coefficient (Wildman–Crippen LogP) is -1.18. The van der Waals surface area contributed by atoms with Crippen LogP contribution in [0, 0.1) is 0 Å². The van der Waals surface area contributed by atoms with Crippen molar-refractivity contribution in [2.45, 2.75) is 62.7 Å². The molecule has 0 radical (unpaired) electrons. The summed E-state index contributed by atoms with van der Waals surface area (Å²) in [7, 11) is 0. The molecule has 4 atom stereocenters. The van der Waals surface area contributed by atoms with Crippen molar-refractivity contribution >= 4 is 46.5 Å². The highest BCUT2D eigenvalue weighted by atomic mass is 16.4. The molecular weight excluding hydrogens is 512 g/mol. The van der Waals surface area contributed by atoms with Crippen LogP contribution < -0.4 is 22.1 Å². The van der Waals surface area contributed by atoms with Crippen LogP contribution in [0.4, 0.5) is 0 Å². The molecule has 0 aliphatic carbocycles. The smallest absolute Gasteiger partial charge is 0.326 e. The predicted molar refractivity (Wildman–Crippen MR) is 137 cm³/mol. The van der Waals surface area contributed by atoms with Crippen molar-refractivity contribution in [2.24, 2.45) is 11.5 Å². The van der Waals surface area contributed by atoms with E-state index in [0.717, 1.165) is 15.8 Å². The van der Waals surface area contributed by atoms with Gasteiger partial charge in [0.1, 0.15) is 18.1 Å². The number of primary amides is 1. The molecule has 0 bridgehead atoms. The maximum Gasteiger partial charge on any atom is 0.326 e. The van der Waals surface area contributed by atoms with Gasteiger partial charge in [0.2, 0.25) is 23.6 Å². The summed E-state index contributed by atoms with van der Waals surface area (Å²) in [6.45, 7) is 0.108. The van der Waals surface area contributed by atoms with Crippen LogP contribution in [0.3, 0.4) is 0 Å². The van der Waals surface area contributed by atoms with Crippen molar-refractivity contribution in [3.8, 4) is 0 Å². The van der Waals surface area contributed by atoms with Gasteiger partial charge in [-0.1, -0.05) is 18.2 Å². The maximum atomic E-state index is 13.3. The average molecular weight is 545 g/mol. The Labute approximate surface area is 223 Å². The molecule has 9 N–H and O–H groups in total. The summed E-state index contributed by atoms with van der Waals surface area (Å²) in [5.41, 5.74) is 12.3. The van der Waals surface area contributed by atoms with Gasteiger partial charge in [0.05, 0.1) is 12.5 Å². The first-order chi connectivity index (χ1) is 18.5. The van der Waals surface area contributed by atoms with Gasteiger partial charge in [0, 0.05) is 36.5 Å². The minimum absolute atomic E-state index is 0.00730. The lowest BCUT2D eigenvalue weighted by Crippen LogP contribution is -2.57. The lowest BCUT2D eigenvalue weighted by Gasteiger charge is -2.29. The van der Waals surface area contributed by atoms with E-state index in [-0.39, 0.29) is 32.2 Å².